The Labute approximate surface area is 123 Å². The fourth-order valence-electron chi connectivity index (χ4n) is 2.29. The molecule has 0 amide bonds. The predicted octanol–water partition coefficient (Wildman–Crippen LogP) is 3.83. The van der Waals surface area contributed by atoms with Gasteiger partial charge in [-0.25, -0.2) is 0 Å². The number of hydrogen-bond acceptors (Lipinski definition) is 4. The van der Waals surface area contributed by atoms with Crippen LogP contribution >= 0.6 is 0 Å². The maximum absolute atomic E-state index is 10.7. The van der Waals surface area contributed by atoms with Crippen LogP contribution in [0.25, 0.3) is 11.3 Å². The molecule has 21 heavy (non-hydrogen) atoms. The summed E-state index contributed by atoms with van der Waals surface area (Å²) >= 11 is 0. The zero-order valence-electron chi connectivity index (χ0n) is 12.2. The van der Waals surface area contributed by atoms with Crippen LogP contribution in [0.2, 0.25) is 0 Å². The van der Waals surface area contributed by atoms with Gasteiger partial charge in [0.2, 0.25) is 0 Å². The Hall–Kier alpha value is -1.91. The van der Waals surface area contributed by atoms with Gasteiger partial charge in [-0.15, -0.1) is 0 Å². The lowest BCUT2D eigenvalue weighted by molar-refractivity contribution is -0.226. The molecule has 0 bridgehead atoms. The van der Waals surface area contributed by atoms with Crippen LogP contribution in [-0.4, -0.2) is 19.5 Å². The van der Waals surface area contributed by atoms with Gasteiger partial charge >= 0.3 is 0 Å². The summed E-state index contributed by atoms with van der Waals surface area (Å²) in [6, 6.07) is 11.2. The van der Waals surface area contributed by atoms with E-state index in [2.05, 4.69) is 13.8 Å². The summed E-state index contributed by atoms with van der Waals surface area (Å²) in [5, 5.41) is 0. The topological polar surface area (TPSA) is 48.7 Å². The van der Waals surface area contributed by atoms with Crippen molar-refractivity contribution in [3.8, 4) is 11.3 Å². The Morgan fingerprint density at radius 1 is 1.14 bits per heavy atom. The highest BCUT2D eigenvalue weighted by Crippen LogP contribution is 2.33. The van der Waals surface area contributed by atoms with Crippen LogP contribution in [-0.2, 0) is 9.47 Å². The van der Waals surface area contributed by atoms with Crippen LogP contribution < -0.4 is 0 Å². The number of benzene rings is 1. The van der Waals surface area contributed by atoms with Crippen LogP contribution in [0.1, 0.15) is 36.3 Å². The molecule has 1 aromatic heterocycles. The molecule has 1 aliphatic heterocycles. The van der Waals surface area contributed by atoms with Crippen molar-refractivity contribution in [2.24, 2.45) is 5.41 Å². The van der Waals surface area contributed by atoms with Crippen molar-refractivity contribution in [3.63, 3.8) is 0 Å². The maximum atomic E-state index is 10.7. The molecule has 110 valence electrons. The first-order chi connectivity index (χ1) is 10.1. The fourth-order valence-corrected chi connectivity index (χ4v) is 2.29. The summed E-state index contributed by atoms with van der Waals surface area (Å²) in [5.41, 5.74) is 1.90. The van der Waals surface area contributed by atoms with Crippen LogP contribution in [0.3, 0.4) is 0 Å². The van der Waals surface area contributed by atoms with Crippen molar-refractivity contribution in [1.82, 2.24) is 0 Å². The first-order valence-corrected chi connectivity index (χ1v) is 6.96. The summed E-state index contributed by atoms with van der Waals surface area (Å²) in [6.45, 7) is 5.56. The number of carbonyl (C=O) groups is 1. The van der Waals surface area contributed by atoms with Crippen LogP contribution in [0.15, 0.2) is 40.8 Å². The number of rotatable bonds is 3. The summed E-state index contributed by atoms with van der Waals surface area (Å²) in [4.78, 5) is 10.7. The van der Waals surface area contributed by atoms with Crippen LogP contribution in [0, 0.1) is 5.41 Å². The van der Waals surface area contributed by atoms with Gasteiger partial charge < -0.3 is 13.9 Å². The first kappa shape index (κ1) is 14.0. The molecular formula is C17H18O4. The second kappa shape index (κ2) is 5.47. The van der Waals surface area contributed by atoms with Crippen LogP contribution in [0.5, 0.6) is 0 Å². The number of ether oxygens (including phenoxy) is 2. The minimum absolute atomic E-state index is 0.0496. The largest absolute Gasteiger partial charge is 0.453 e. The number of aldehydes is 1. The van der Waals surface area contributed by atoms with E-state index >= 15 is 0 Å². The zero-order valence-corrected chi connectivity index (χ0v) is 12.2. The van der Waals surface area contributed by atoms with Gasteiger partial charge in [-0.1, -0.05) is 32.0 Å². The van der Waals surface area contributed by atoms with E-state index in [1.807, 2.05) is 24.3 Å². The molecule has 4 heteroatoms. The summed E-state index contributed by atoms with van der Waals surface area (Å²) < 4.78 is 17.0. The van der Waals surface area contributed by atoms with Gasteiger partial charge in [0.15, 0.2) is 18.3 Å². The lowest BCUT2D eigenvalue weighted by Crippen LogP contribution is -2.33. The van der Waals surface area contributed by atoms with E-state index in [1.165, 1.54) is 0 Å². The molecule has 1 saturated heterocycles. The van der Waals surface area contributed by atoms with Crippen molar-refractivity contribution in [3.05, 3.63) is 47.7 Å². The van der Waals surface area contributed by atoms with E-state index in [9.17, 15) is 4.79 Å². The molecule has 2 heterocycles. The first-order valence-electron chi connectivity index (χ1n) is 6.96. The van der Waals surface area contributed by atoms with Gasteiger partial charge in [-0.3, -0.25) is 4.79 Å². The normalized spacial score (nSPS) is 18.6. The van der Waals surface area contributed by atoms with Crippen molar-refractivity contribution in [2.45, 2.75) is 20.1 Å². The van der Waals surface area contributed by atoms with Gasteiger partial charge in [0.25, 0.3) is 0 Å². The Balaban J connectivity index is 1.82. The average Bonchev–Trinajstić information content (AvgIpc) is 2.96. The van der Waals surface area contributed by atoms with E-state index in [-0.39, 0.29) is 11.7 Å². The minimum atomic E-state index is -0.349. The van der Waals surface area contributed by atoms with E-state index in [0.717, 1.165) is 11.1 Å². The Kier molecular flexibility index (Phi) is 3.66. The van der Waals surface area contributed by atoms with E-state index in [0.29, 0.717) is 31.0 Å². The third kappa shape index (κ3) is 3.06. The molecule has 0 saturated carbocycles. The molecule has 2 aromatic rings. The lowest BCUT2D eigenvalue weighted by atomic mass is 9.95. The summed E-state index contributed by atoms with van der Waals surface area (Å²) in [7, 11) is 0. The monoisotopic (exact) mass is 286 g/mol. The van der Waals surface area contributed by atoms with Crippen LogP contribution in [0.4, 0.5) is 0 Å². The number of carbonyl (C=O) groups excluding carboxylic acids is 1. The molecule has 0 atom stereocenters. The molecule has 1 aromatic carbocycles. The predicted molar refractivity (Wildman–Crippen MR) is 78.0 cm³/mol. The fraction of sp³-hybridized carbons (Fsp3) is 0.353. The van der Waals surface area contributed by atoms with Gasteiger partial charge in [0.05, 0.1) is 13.2 Å². The third-order valence-corrected chi connectivity index (χ3v) is 3.44. The highest BCUT2D eigenvalue weighted by atomic mass is 16.7. The van der Waals surface area contributed by atoms with E-state index in [4.69, 9.17) is 13.9 Å². The molecule has 0 unspecified atom stereocenters. The summed E-state index contributed by atoms with van der Waals surface area (Å²) in [5.74, 6) is 0.984. The Morgan fingerprint density at radius 2 is 1.90 bits per heavy atom. The Morgan fingerprint density at radius 3 is 2.57 bits per heavy atom. The average molecular weight is 286 g/mol. The molecule has 0 N–H and O–H groups in total. The molecular weight excluding hydrogens is 268 g/mol. The quantitative estimate of drug-likeness (QED) is 0.805. The second-order valence-corrected chi connectivity index (χ2v) is 6.06. The maximum Gasteiger partial charge on any atom is 0.185 e. The second-order valence-electron chi connectivity index (χ2n) is 6.06. The standard InChI is InChI=1S/C17H18O4/c1-17(2)10-19-16(20-11-17)13-5-3-4-12(8-13)15-7-6-14(9-18)21-15/h3-9,16H,10-11H2,1-2H3. The molecule has 1 aliphatic rings. The summed E-state index contributed by atoms with van der Waals surface area (Å²) in [6.07, 6.45) is 0.349. The number of hydrogen-bond donors (Lipinski definition) is 0. The van der Waals surface area contributed by atoms with Gasteiger partial charge in [-0.2, -0.15) is 0 Å². The minimum Gasteiger partial charge on any atom is -0.453 e. The molecule has 4 nitrogen and oxygen atoms in total. The van der Waals surface area contributed by atoms with Crippen molar-refractivity contribution >= 4 is 6.29 Å². The SMILES string of the molecule is CC1(C)COC(c2cccc(-c3ccc(C=O)o3)c2)OC1. The molecule has 0 radical (unpaired) electrons. The lowest BCUT2D eigenvalue weighted by Gasteiger charge is -2.34. The third-order valence-electron chi connectivity index (χ3n) is 3.44. The van der Waals surface area contributed by atoms with E-state index < -0.39 is 0 Å². The van der Waals surface area contributed by atoms with E-state index in [1.54, 1.807) is 12.1 Å². The highest BCUT2D eigenvalue weighted by molar-refractivity contribution is 5.72. The molecule has 0 spiro atoms. The van der Waals surface area contributed by atoms with Crippen molar-refractivity contribution in [1.29, 1.82) is 0 Å². The smallest absolute Gasteiger partial charge is 0.185 e. The Bertz CT molecular complexity index is 632. The van der Waals surface area contributed by atoms with Gasteiger partial charge in [0.1, 0.15) is 5.76 Å². The van der Waals surface area contributed by atoms with Crippen molar-refractivity contribution < 1.29 is 18.7 Å². The molecule has 1 fully saturated rings. The zero-order chi connectivity index (χ0) is 14.9. The molecule has 3 rings (SSSR count). The van der Waals surface area contributed by atoms with Crippen molar-refractivity contribution in [2.75, 3.05) is 13.2 Å². The highest BCUT2D eigenvalue weighted by Gasteiger charge is 2.29. The van der Waals surface area contributed by atoms with Gasteiger partial charge in [0, 0.05) is 16.5 Å². The molecule has 0 aliphatic carbocycles. The number of furan rings is 1. The van der Waals surface area contributed by atoms with Gasteiger partial charge in [-0.05, 0) is 18.2 Å².